The Kier molecular flexibility index (Phi) is 3.20. The summed E-state index contributed by atoms with van der Waals surface area (Å²) in [5.74, 6) is 0.355. The molecule has 0 amide bonds. The van der Waals surface area contributed by atoms with Crippen LogP contribution in [-0.2, 0) is 4.79 Å². The molecule has 1 unspecified atom stereocenters. The van der Waals surface area contributed by atoms with Gasteiger partial charge in [0.1, 0.15) is 5.78 Å². The second-order valence-electron chi connectivity index (χ2n) is 4.44. The van der Waals surface area contributed by atoms with Gasteiger partial charge in [0.25, 0.3) is 0 Å². The van der Waals surface area contributed by atoms with E-state index in [9.17, 15) is 4.79 Å². The van der Waals surface area contributed by atoms with Gasteiger partial charge < -0.3 is 4.90 Å². The minimum absolute atomic E-state index is 0.250. The van der Waals surface area contributed by atoms with E-state index in [1.807, 2.05) is 12.1 Å². The monoisotopic (exact) mass is 237 g/mol. The van der Waals surface area contributed by atoms with Crippen molar-refractivity contribution in [2.45, 2.75) is 32.7 Å². The van der Waals surface area contributed by atoms with Gasteiger partial charge in [-0.15, -0.1) is 0 Å². The van der Waals surface area contributed by atoms with Gasteiger partial charge in [0.05, 0.1) is 10.7 Å². The molecule has 1 heterocycles. The number of hydrogen-bond donors (Lipinski definition) is 0. The van der Waals surface area contributed by atoms with Gasteiger partial charge in [-0.05, 0) is 25.5 Å². The zero-order chi connectivity index (χ0) is 11.7. The molecule has 86 valence electrons. The summed E-state index contributed by atoms with van der Waals surface area (Å²) >= 11 is 6.24. The number of anilines is 1. The van der Waals surface area contributed by atoms with Crippen LogP contribution in [-0.4, -0.2) is 18.4 Å². The van der Waals surface area contributed by atoms with Crippen LogP contribution in [0.2, 0.25) is 5.02 Å². The normalized spacial score (nSPS) is 21.3. The molecular formula is C13H16ClNO. The number of benzene rings is 1. The summed E-state index contributed by atoms with van der Waals surface area (Å²) in [5, 5.41) is 0.779. The van der Waals surface area contributed by atoms with Crippen molar-refractivity contribution in [1.29, 1.82) is 0 Å². The molecule has 1 aromatic carbocycles. The molecule has 1 aliphatic rings. The van der Waals surface area contributed by atoms with Crippen LogP contribution < -0.4 is 4.90 Å². The fourth-order valence-electron chi connectivity index (χ4n) is 2.33. The van der Waals surface area contributed by atoms with E-state index in [0.29, 0.717) is 18.6 Å². The van der Waals surface area contributed by atoms with Crippen molar-refractivity contribution < 1.29 is 4.79 Å². The molecule has 1 fully saturated rings. The van der Waals surface area contributed by atoms with Crippen LogP contribution in [0.25, 0.3) is 0 Å². The first-order valence-electron chi connectivity index (χ1n) is 5.63. The molecular weight excluding hydrogens is 222 g/mol. The molecule has 0 N–H and O–H groups in total. The van der Waals surface area contributed by atoms with E-state index in [0.717, 1.165) is 17.3 Å². The van der Waals surface area contributed by atoms with E-state index in [-0.39, 0.29) is 6.04 Å². The van der Waals surface area contributed by atoms with Gasteiger partial charge >= 0.3 is 0 Å². The maximum atomic E-state index is 11.4. The number of para-hydroxylation sites is 1. The predicted octanol–water partition coefficient (Wildman–Crippen LogP) is 3.21. The second-order valence-corrected chi connectivity index (χ2v) is 4.85. The lowest BCUT2D eigenvalue weighted by Gasteiger charge is -2.36. The zero-order valence-corrected chi connectivity index (χ0v) is 10.4. The highest BCUT2D eigenvalue weighted by molar-refractivity contribution is 6.33. The van der Waals surface area contributed by atoms with Crippen LogP contribution in [0, 0.1) is 6.92 Å². The Balaban J connectivity index is 2.33. The minimum atomic E-state index is 0.250. The van der Waals surface area contributed by atoms with E-state index in [4.69, 9.17) is 11.6 Å². The Bertz CT molecular complexity index is 396. The van der Waals surface area contributed by atoms with Crippen LogP contribution in [0.5, 0.6) is 0 Å². The summed E-state index contributed by atoms with van der Waals surface area (Å²) in [6.07, 6.45) is 1.26. The van der Waals surface area contributed by atoms with E-state index in [2.05, 4.69) is 24.8 Å². The molecule has 0 aromatic heterocycles. The summed E-state index contributed by atoms with van der Waals surface area (Å²) in [6, 6.07) is 6.18. The topological polar surface area (TPSA) is 20.3 Å². The number of piperidine rings is 1. The summed E-state index contributed by atoms with van der Waals surface area (Å²) < 4.78 is 0. The van der Waals surface area contributed by atoms with Gasteiger partial charge in [-0.1, -0.05) is 23.7 Å². The number of nitrogens with zero attached hydrogens (tertiary/aromatic N) is 1. The lowest BCUT2D eigenvalue weighted by Crippen LogP contribution is -2.41. The van der Waals surface area contributed by atoms with E-state index in [1.54, 1.807) is 0 Å². The number of aryl methyl sites for hydroxylation is 1. The summed E-state index contributed by atoms with van der Waals surface area (Å²) in [7, 11) is 0. The molecule has 0 spiro atoms. The van der Waals surface area contributed by atoms with Gasteiger partial charge in [0.2, 0.25) is 0 Å². The maximum Gasteiger partial charge on any atom is 0.136 e. The SMILES string of the molecule is Cc1cccc(Cl)c1N1CCC(=O)CC1C. The summed E-state index contributed by atoms with van der Waals surface area (Å²) in [5.41, 5.74) is 2.26. The lowest BCUT2D eigenvalue weighted by atomic mass is 10.0. The third kappa shape index (κ3) is 2.07. The van der Waals surface area contributed by atoms with Gasteiger partial charge in [-0.2, -0.15) is 0 Å². The number of rotatable bonds is 1. The molecule has 3 heteroatoms. The van der Waals surface area contributed by atoms with E-state index in [1.165, 1.54) is 5.56 Å². The van der Waals surface area contributed by atoms with Gasteiger partial charge in [-0.3, -0.25) is 4.79 Å². The second kappa shape index (κ2) is 4.46. The standard InChI is InChI=1S/C13H16ClNO/c1-9-4-3-5-12(14)13(9)15-7-6-11(16)8-10(15)2/h3-5,10H,6-8H2,1-2H3. The van der Waals surface area contributed by atoms with Crippen LogP contribution >= 0.6 is 11.6 Å². The molecule has 1 aromatic rings. The Morgan fingerprint density at radius 1 is 1.44 bits per heavy atom. The van der Waals surface area contributed by atoms with Crippen molar-refractivity contribution in [2.24, 2.45) is 0 Å². The van der Waals surface area contributed by atoms with Crippen molar-refractivity contribution in [1.82, 2.24) is 0 Å². The molecule has 0 radical (unpaired) electrons. The van der Waals surface area contributed by atoms with Crippen molar-refractivity contribution in [2.75, 3.05) is 11.4 Å². The predicted molar refractivity (Wildman–Crippen MR) is 67.2 cm³/mol. The fraction of sp³-hybridized carbons (Fsp3) is 0.462. The zero-order valence-electron chi connectivity index (χ0n) is 9.66. The van der Waals surface area contributed by atoms with Crippen LogP contribution in [0.3, 0.4) is 0 Å². The summed E-state index contributed by atoms with van der Waals surface area (Å²) in [6.45, 7) is 4.93. The molecule has 0 bridgehead atoms. The largest absolute Gasteiger partial charge is 0.367 e. The fourth-order valence-corrected chi connectivity index (χ4v) is 2.66. The van der Waals surface area contributed by atoms with Gasteiger partial charge in [0, 0.05) is 25.4 Å². The van der Waals surface area contributed by atoms with E-state index < -0.39 is 0 Å². The molecule has 1 saturated heterocycles. The Labute approximate surface area is 101 Å². The number of ketones is 1. The third-order valence-electron chi connectivity index (χ3n) is 3.16. The molecule has 2 nitrogen and oxygen atoms in total. The number of Topliss-reactive ketones (excluding diaryl/α,β-unsaturated/α-hetero) is 1. The first-order chi connectivity index (χ1) is 7.59. The Hall–Kier alpha value is -1.02. The molecule has 0 aliphatic carbocycles. The molecule has 0 saturated carbocycles. The number of halogens is 1. The van der Waals surface area contributed by atoms with Crippen LogP contribution in [0.15, 0.2) is 18.2 Å². The van der Waals surface area contributed by atoms with Gasteiger partial charge in [-0.25, -0.2) is 0 Å². The first kappa shape index (κ1) is 11.5. The lowest BCUT2D eigenvalue weighted by molar-refractivity contribution is -0.120. The smallest absolute Gasteiger partial charge is 0.136 e. The van der Waals surface area contributed by atoms with Crippen molar-refractivity contribution in [3.63, 3.8) is 0 Å². The summed E-state index contributed by atoms with van der Waals surface area (Å²) in [4.78, 5) is 13.6. The molecule has 16 heavy (non-hydrogen) atoms. The van der Waals surface area contributed by atoms with Crippen molar-refractivity contribution >= 4 is 23.1 Å². The van der Waals surface area contributed by atoms with Crippen LogP contribution in [0.1, 0.15) is 25.3 Å². The molecule has 2 rings (SSSR count). The number of carbonyl (C=O) groups is 1. The molecule has 1 atom stereocenters. The van der Waals surface area contributed by atoms with Gasteiger partial charge in [0.15, 0.2) is 0 Å². The highest BCUT2D eigenvalue weighted by atomic mass is 35.5. The minimum Gasteiger partial charge on any atom is -0.367 e. The highest BCUT2D eigenvalue weighted by Gasteiger charge is 2.25. The quantitative estimate of drug-likeness (QED) is 0.748. The third-order valence-corrected chi connectivity index (χ3v) is 3.47. The Morgan fingerprint density at radius 2 is 2.19 bits per heavy atom. The Morgan fingerprint density at radius 3 is 2.81 bits per heavy atom. The average molecular weight is 238 g/mol. The van der Waals surface area contributed by atoms with Crippen molar-refractivity contribution in [3.8, 4) is 0 Å². The highest BCUT2D eigenvalue weighted by Crippen LogP contribution is 2.33. The van der Waals surface area contributed by atoms with Crippen LogP contribution in [0.4, 0.5) is 5.69 Å². The maximum absolute atomic E-state index is 11.4. The van der Waals surface area contributed by atoms with Crippen molar-refractivity contribution in [3.05, 3.63) is 28.8 Å². The first-order valence-corrected chi connectivity index (χ1v) is 6.01. The number of carbonyl (C=O) groups excluding carboxylic acids is 1. The molecule has 1 aliphatic heterocycles. The average Bonchev–Trinajstić information content (AvgIpc) is 2.20. The van der Waals surface area contributed by atoms with E-state index >= 15 is 0 Å². The number of hydrogen-bond acceptors (Lipinski definition) is 2.